The highest BCUT2D eigenvalue weighted by Gasteiger charge is 2.27. The number of carboxylic acids is 1. The summed E-state index contributed by atoms with van der Waals surface area (Å²) in [6.45, 7) is 3.41. The smallest absolute Gasteiger partial charge is 0.306 e. The van der Waals surface area contributed by atoms with Gasteiger partial charge in [-0.25, -0.2) is 0 Å². The number of carbonyl (C=O) groups is 2. The zero-order chi connectivity index (χ0) is 14.5. The molecule has 2 aliphatic heterocycles. The Kier molecular flexibility index (Phi) is 5.37. The third-order valence-electron chi connectivity index (χ3n) is 3.89. The van der Waals surface area contributed by atoms with Crippen molar-refractivity contribution in [1.82, 2.24) is 4.90 Å². The Labute approximate surface area is 119 Å². The van der Waals surface area contributed by atoms with E-state index < -0.39 is 5.97 Å². The van der Waals surface area contributed by atoms with Crippen LogP contribution in [0.2, 0.25) is 0 Å². The molecule has 0 aromatic carbocycles. The normalized spacial score (nSPS) is 30.4. The van der Waals surface area contributed by atoms with Crippen molar-refractivity contribution in [3.63, 3.8) is 0 Å². The molecule has 0 spiro atoms. The molecule has 20 heavy (non-hydrogen) atoms. The van der Waals surface area contributed by atoms with Gasteiger partial charge in [-0.2, -0.15) is 0 Å². The fraction of sp³-hybridized carbons (Fsp3) is 0.857. The SMILES string of the molecule is C[C@@H]1CC[C@@H](CCC(=O)N2CCO[C@H](CC(=O)O)C2)O1. The molecule has 2 fully saturated rings. The van der Waals surface area contributed by atoms with Gasteiger partial charge in [-0.3, -0.25) is 9.59 Å². The predicted molar refractivity (Wildman–Crippen MR) is 71.4 cm³/mol. The second kappa shape index (κ2) is 7.04. The molecule has 1 amide bonds. The molecule has 2 heterocycles. The molecule has 6 nitrogen and oxygen atoms in total. The fourth-order valence-corrected chi connectivity index (χ4v) is 2.80. The third-order valence-corrected chi connectivity index (χ3v) is 3.89. The average molecular weight is 285 g/mol. The quantitative estimate of drug-likeness (QED) is 0.816. The number of carbonyl (C=O) groups excluding carboxylic acids is 1. The first kappa shape index (κ1) is 15.3. The molecule has 0 aromatic rings. The van der Waals surface area contributed by atoms with E-state index >= 15 is 0 Å². The molecule has 3 atom stereocenters. The summed E-state index contributed by atoms with van der Waals surface area (Å²) in [6.07, 6.45) is 3.39. The van der Waals surface area contributed by atoms with E-state index in [0.29, 0.717) is 32.2 Å². The van der Waals surface area contributed by atoms with Gasteiger partial charge in [-0.05, 0) is 26.2 Å². The Hall–Kier alpha value is -1.14. The monoisotopic (exact) mass is 285 g/mol. The van der Waals surface area contributed by atoms with Crippen molar-refractivity contribution in [1.29, 1.82) is 0 Å². The van der Waals surface area contributed by atoms with E-state index in [-0.39, 0.29) is 24.5 Å². The van der Waals surface area contributed by atoms with Gasteiger partial charge < -0.3 is 19.5 Å². The average Bonchev–Trinajstić information content (AvgIpc) is 2.81. The summed E-state index contributed by atoms with van der Waals surface area (Å²) < 4.78 is 11.1. The van der Waals surface area contributed by atoms with Crippen LogP contribution in [0.25, 0.3) is 0 Å². The number of ether oxygens (including phenoxy) is 2. The summed E-state index contributed by atoms with van der Waals surface area (Å²) in [5.74, 6) is -0.815. The van der Waals surface area contributed by atoms with Crippen LogP contribution in [0.4, 0.5) is 0 Å². The van der Waals surface area contributed by atoms with Crippen LogP contribution in [0, 0.1) is 0 Å². The van der Waals surface area contributed by atoms with Gasteiger partial charge in [-0.15, -0.1) is 0 Å². The topological polar surface area (TPSA) is 76.1 Å². The molecule has 2 rings (SSSR count). The van der Waals surface area contributed by atoms with Gasteiger partial charge in [0.15, 0.2) is 0 Å². The van der Waals surface area contributed by atoms with Crippen molar-refractivity contribution < 1.29 is 24.2 Å². The van der Waals surface area contributed by atoms with E-state index in [1.54, 1.807) is 4.90 Å². The minimum Gasteiger partial charge on any atom is -0.481 e. The van der Waals surface area contributed by atoms with Gasteiger partial charge in [0.05, 0.1) is 31.3 Å². The minimum absolute atomic E-state index is 0.0486. The van der Waals surface area contributed by atoms with Gasteiger partial charge in [0, 0.05) is 19.5 Å². The Morgan fingerprint density at radius 3 is 2.75 bits per heavy atom. The van der Waals surface area contributed by atoms with Crippen LogP contribution in [-0.4, -0.2) is 59.9 Å². The van der Waals surface area contributed by atoms with Crippen molar-refractivity contribution in [3.8, 4) is 0 Å². The van der Waals surface area contributed by atoms with E-state index in [9.17, 15) is 9.59 Å². The molecule has 0 unspecified atom stereocenters. The number of morpholine rings is 1. The lowest BCUT2D eigenvalue weighted by atomic mass is 10.1. The van der Waals surface area contributed by atoms with Gasteiger partial charge in [-0.1, -0.05) is 0 Å². The van der Waals surface area contributed by atoms with Crippen LogP contribution < -0.4 is 0 Å². The largest absolute Gasteiger partial charge is 0.481 e. The molecule has 2 saturated heterocycles. The zero-order valence-electron chi connectivity index (χ0n) is 11.9. The van der Waals surface area contributed by atoms with Crippen LogP contribution in [-0.2, 0) is 19.1 Å². The molecule has 0 bridgehead atoms. The second-order valence-electron chi connectivity index (χ2n) is 5.62. The number of carboxylic acid groups (broad SMARTS) is 1. The van der Waals surface area contributed by atoms with Gasteiger partial charge in [0.2, 0.25) is 5.91 Å². The Balaban J connectivity index is 1.72. The van der Waals surface area contributed by atoms with Crippen molar-refractivity contribution in [2.75, 3.05) is 19.7 Å². The van der Waals surface area contributed by atoms with E-state index in [1.807, 2.05) is 0 Å². The van der Waals surface area contributed by atoms with Gasteiger partial charge in [0.25, 0.3) is 0 Å². The number of hydrogen-bond donors (Lipinski definition) is 1. The number of nitrogens with zero attached hydrogens (tertiary/aromatic N) is 1. The third kappa shape index (κ3) is 4.45. The number of rotatable bonds is 5. The second-order valence-corrected chi connectivity index (χ2v) is 5.62. The van der Waals surface area contributed by atoms with Crippen LogP contribution in [0.15, 0.2) is 0 Å². The van der Waals surface area contributed by atoms with E-state index in [0.717, 1.165) is 19.3 Å². The van der Waals surface area contributed by atoms with E-state index in [1.165, 1.54) is 0 Å². The number of amides is 1. The lowest BCUT2D eigenvalue weighted by Crippen LogP contribution is -2.46. The molecule has 6 heteroatoms. The lowest BCUT2D eigenvalue weighted by molar-refractivity contribution is -0.148. The highest BCUT2D eigenvalue weighted by molar-refractivity contribution is 5.76. The number of hydrogen-bond acceptors (Lipinski definition) is 4. The lowest BCUT2D eigenvalue weighted by Gasteiger charge is -2.32. The van der Waals surface area contributed by atoms with Crippen molar-refractivity contribution in [3.05, 3.63) is 0 Å². The van der Waals surface area contributed by atoms with Crippen molar-refractivity contribution in [2.45, 2.75) is 57.3 Å². The van der Waals surface area contributed by atoms with E-state index in [4.69, 9.17) is 14.6 Å². The predicted octanol–water partition coefficient (Wildman–Crippen LogP) is 1.04. The Bertz CT molecular complexity index is 359. The summed E-state index contributed by atoms with van der Waals surface area (Å²) in [4.78, 5) is 24.5. The maximum absolute atomic E-state index is 12.1. The van der Waals surface area contributed by atoms with Crippen LogP contribution in [0.1, 0.15) is 39.0 Å². The highest BCUT2D eigenvalue weighted by Crippen LogP contribution is 2.23. The molecular weight excluding hydrogens is 262 g/mol. The standard InChI is InChI=1S/C14H23NO5/c1-10-2-3-11(20-10)4-5-13(16)15-6-7-19-12(9-15)8-14(17)18/h10-12H,2-9H2,1H3,(H,17,18)/t10-,11+,12-/m1/s1. The van der Waals surface area contributed by atoms with Crippen LogP contribution >= 0.6 is 0 Å². The molecule has 2 aliphatic rings. The molecule has 114 valence electrons. The zero-order valence-corrected chi connectivity index (χ0v) is 11.9. The van der Waals surface area contributed by atoms with Crippen LogP contribution in [0.5, 0.6) is 0 Å². The first-order chi connectivity index (χ1) is 9.54. The molecule has 0 aliphatic carbocycles. The van der Waals surface area contributed by atoms with Crippen molar-refractivity contribution in [2.24, 2.45) is 0 Å². The maximum atomic E-state index is 12.1. The summed E-state index contributed by atoms with van der Waals surface area (Å²) in [5.41, 5.74) is 0. The first-order valence-corrected chi connectivity index (χ1v) is 7.31. The Morgan fingerprint density at radius 1 is 1.30 bits per heavy atom. The molecule has 0 aromatic heterocycles. The molecule has 1 N–H and O–H groups in total. The summed E-state index contributed by atoms with van der Waals surface area (Å²) in [7, 11) is 0. The highest BCUT2D eigenvalue weighted by atomic mass is 16.5. The maximum Gasteiger partial charge on any atom is 0.306 e. The first-order valence-electron chi connectivity index (χ1n) is 7.31. The fourth-order valence-electron chi connectivity index (χ4n) is 2.80. The Morgan fingerprint density at radius 2 is 2.10 bits per heavy atom. The van der Waals surface area contributed by atoms with E-state index in [2.05, 4.69) is 6.92 Å². The summed E-state index contributed by atoms with van der Waals surface area (Å²) in [6, 6.07) is 0. The van der Waals surface area contributed by atoms with Crippen LogP contribution in [0.3, 0.4) is 0 Å². The number of aliphatic carboxylic acids is 1. The van der Waals surface area contributed by atoms with Gasteiger partial charge >= 0.3 is 5.97 Å². The van der Waals surface area contributed by atoms with Gasteiger partial charge in [0.1, 0.15) is 0 Å². The molecule has 0 radical (unpaired) electrons. The minimum atomic E-state index is -0.891. The summed E-state index contributed by atoms with van der Waals surface area (Å²) >= 11 is 0. The molecular formula is C14H23NO5. The summed E-state index contributed by atoms with van der Waals surface area (Å²) in [5, 5.41) is 8.76. The van der Waals surface area contributed by atoms with Crippen molar-refractivity contribution >= 4 is 11.9 Å². The molecule has 0 saturated carbocycles.